The SMILES string of the molecule is O=c1ccncn1CC1CCN(Cc2cn3cc(F)ccc3n2)CC1. The third kappa shape index (κ3) is 3.61. The van der Waals surface area contributed by atoms with Crippen molar-refractivity contribution in [1.29, 1.82) is 0 Å². The molecule has 0 unspecified atom stereocenters. The molecule has 25 heavy (non-hydrogen) atoms. The van der Waals surface area contributed by atoms with Crippen LogP contribution in [-0.4, -0.2) is 36.9 Å². The smallest absolute Gasteiger partial charge is 0.253 e. The fourth-order valence-electron chi connectivity index (χ4n) is 3.44. The number of pyridine rings is 1. The summed E-state index contributed by atoms with van der Waals surface area (Å²) in [6, 6.07) is 4.62. The first-order chi connectivity index (χ1) is 12.2. The van der Waals surface area contributed by atoms with Crippen molar-refractivity contribution in [3.05, 3.63) is 65.0 Å². The average Bonchev–Trinajstić information content (AvgIpc) is 3.00. The Bertz CT molecular complexity index is 926. The molecule has 0 saturated carbocycles. The number of rotatable bonds is 4. The standard InChI is InChI=1S/C18H20FN5O/c19-15-1-2-17-21-16(12-23(17)10-15)11-22-7-4-14(5-8-22)9-24-13-20-6-3-18(24)25/h1-3,6,10,12-14H,4-5,7-9,11H2. The van der Waals surface area contributed by atoms with Crippen LogP contribution in [0.1, 0.15) is 18.5 Å². The van der Waals surface area contributed by atoms with Crippen molar-refractivity contribution in [2.75, 3.05) is 13.1 Å². The maximum atomic E-state index is 13.3. The first-order valence-electron chi connectivity index (χ1n) is 8.53. The van der Waals surface area contributed by atoms with Gasteiger partial charge in [-0.3, -0.25) is 14.3 Å². The highest BCUT2D eigenvalue weighted by molar-refractivity contribution is 5.39. The van der Waals surface area contributed by atoms with Gasteiger partial charge in [0.25, 0.3) is 5.56 Å². The number of imidazole rings is 1. The topological polar surface area (TPSA) is 55.4 Å². The van der Waals surface area contributed by atoms with E-state index in [1.807, 2.05) is 6.20 Å². The maximum absolute atomic E-state index is 13.3. The number of halogens is 1. The molecule has 1 aliphatic heterocycles. The van der Waals surface area contributed by atoms with E-state index >= 15 is 0 Å². The number of hydrogen-bond donors (Lipinski definition) is 0. The van der Waals surface area contributed by atoms with Gasteiger partial charge in [-0.1, -0.05) is 0 Å². The highest BCUT2D eigenvalue weighted by Gasteiger charge is 2.20. The summed E-state index contributed by atoms with van der Waals surface area (Å²) < 4.78 is 16.7. The molecule has 0 aromatic carbocycles. The van der Waals surface area contributed by atoms with Crippen molar-refractivity contribution in [3.8, 4) is 0 Å². The van der Waals surface area contributed by atoms with Crippen LogP contribution in [0.25, 0.3) is 5.65 Å². The lowest BCUT2D eigenvalue weighted by atomic mass is 9.96. The molecular formula is C18H20FN5O. The lowest BCUT2D eigenvalue weighted by molar-refractivity contribution is 0.165. The molecule has 0 amide bonds. The molecule has 3 aromatic rings. The second-order valence-electron chi connectivity index (χ2n) is 6.64. The first-order valence-corrected chi connectivity index (χ1v) is 8.53. The molecule has 0 spiro atoms. The van der Waals surface area contributed by atoms with Crippen LogP contribution < -0.4 is 5.56 Å². The monoisotopic (exact) mass is 341 g/mol. The van der Waals surface area contributed by atoms with Crippen LogP contribution in [0.3, 0.4) is 0 Å². The van der Waals surface area contributed by atoms with Crippen molar-refractivity contribution >= 4 is 5.65 Å². The summed E-state index contributed by atoms with van der Waals surface area (Å²) in [7, 11) is 0. The van der Waals surface area contributed by atoms with Gasteiger partial charge in [0.2, 0.25) is 0 Å². The third-order valence-electron chi connectivity index (χ3n) is 4.80. The highest BCUT2D eigenvalue weighted by Crippen LogP contribution is 2.20. The van der Waals surface area contributed by atoms with Crippen LogP contribution in [0.4, 0.5) is 4.39 Å². The van der Waals surface area contributed by atoms with Gasteiger partial charge in [-0.2, -0.15) is 0 Å². The summed E-state index contributed by atoms with van der Waals surface area (Å²) in [4.78, 5) is 22.7. The summed E-state index contributed by atoms with van der Waals surface area (Å²) in [5.41, 5.74) is 1.73. The molecule has 6 nitrogen and oxygen atoms in total. The number of likely N-dealkylation sites (tertiary alicyclic amines) is 1. The van der Waals surface area contributed by atoms with E-state index in [9.17, 15) is 9.18 Å². The second-order valence-corrected chi connectivity index (χ2v) is 6.64. The van der Waals surface area contributed by atoms with Crippen molar-refractivity contribution in [1.82, 2.24) is 23.8 Å². The van der Waals surface area contributed by atoms with E-state index in [1.54, 1.807) is 21.4 Å². The molecule has 0 radical (unpaired) electrons. The van der Waals surface area contributed by atoms with Gasteiger partial charge in [0.1, 0.15) is 11.5 Å². The van der Waals surface area contributed by atoms with E-state index in [2.05, 4.69) is 14.9 Å². The Kier molecular flexibility index (Phi) is 4.31. The summed E-state index contributed by atoms with van der Waals surface area (Å²) in [6.07, 6.45) is 8.57. The lowest BCUT2D eigenvalue weighted by Gasteiger charge is -2.31. The lowest BCUT2D eigenvalue weighted by Crippen LogP contribution is -2.36. The molecule has 1 saturated heterocycles. The van der Waals surface area contributed by atoms with Gasteiger partial charge in [-0.05, 0) is 44.0 Å². The molecule has 0 atom stereocenters. The minimum absolute atomic E-state index is 0.00867. The number of hydrogen-bond acceptors (Lipinski definition) is 4. The highest BCUT2D eigenvalue weighted by atomic mass is 19.1. The van der Waals surface area contributed by atoms with E-state index in [-0.39, 0.29) is 11.4 Å². The van der Waals surface area contributed by atoms with Gasteiger partial charge in [-0.25, -0.2) is 14.4 Å². The number of aromatic nitrogens is 4. The van der Waals surface area contributed by atoms with E-state index in [0.717, 1.165) is 50.4 Å². The van der Waals surface area contributed by atoms with Gasteiger partial charge in [0.15, 0.2) is 0 Å². The van der Waals surface area contributed by atoms with Crippen molar-refractivity contribution < 1.29 is 4.39 Å². The minimum Gasteiger partial charge on any atom is -0.304 e. The van der Waals surface area contributed by atoms with Gasteiger partial charge in [0.05, 0.1) is 12.0 Å². The Morgan fingerprint density at radius 2 is 2.00 bits per heavy atom. The van der Waals surface area contributed by atoms with Crippen LogP contribution in [-0.2, 0) is 13.1 Å². The molecule has 0 bridgehead atoms. The minimum atomic E-state index is -0.261. The van der Waals surface area contributed by atoms with Crippen LogP contribution in [0.5, 0.6) is 0 Å². The Labute approximate surface area is 144 Å². The molecule has 3 aromatic heterocycles. The second kappa shape index (κ2) is 6.76. The van der Waals surface area contributed by atoms with Crippen molar-refractivity contribution in [2.24, 2.45) is 5.92 Å². The number of fused-ring (bicyclic) bond motifs is 1. The fraction of sp³-hybridized carbons (Fsp3) is 0.389. The molecule has 7 heteroatoms. The Morgan fingerprint density at radius 3 is 2.80 bits per heavy atom. The molecule has 0 aliphatic carbocycles. The number of nitrogens with zero attached hydrogens (tertiary/aromatic N) is 5. The quantitative estimate of drug-likeness (QED) is 0.728. The van der Waals surface area contributed by atoms with Gasteiger partial charge in [-0.15, -0.1) is 0 Å². The van der Waals surface area contributed by atoms with E-state index < -0.39 is 0 Å². The molecule has 1 aliphatic rings. The summed E-state index contributed by atoms with van der Waals surface area (Å²) >= 11 is 0. The zero-order valence-electron chi connectivity index (χ0n) is 13.9. The zero-order valence-corrected chi connectivity index (χ0v) is 13.9. The Balaban J connectivity index is 1.35. The van der Waals surface area contributed by atoms with Crippen molar-refractivity contribution in [2.45, 2.75) is 25.9 Å². The fourth-order valence-corrected chi connectivity index (χ4v) is 3.44. The summed E-state index contributed by atoms with van der Waals surface area (Å²) in [5.74, 6) is 0.233. The molecule has 4 heterocycles. The average molecular weight is 341 g/mol. The van der Waals surface area contributed by atoms with Crippen LogP contribution in [0, 0.1) is 11.7 Å². The van der Waals surface area contributed by atoms with E-state index in [0.29, 0.717) is 5.92 Å². The first kappa shape index (κ1) is 16.0. The van der Waals surface area contributed by atoms with Crippen LogP contribution in [0.2, 0.25) is 0 Å². The van der Waals surface area contributed by atoms with Gasteiger partial charge in [0, 0.05) is 37.7 Å². The molecule has 1 fully saturated rings. The Hall–Kier alpha value is -2.54. The van der Waals surface area contributed by atoms with E-state index in [4.69, 9.17) is 0 Å². The molecular weight excluding hydrogens is 321 g/mol. The van der Waals surface area contributed by atoms with Gasteiger partial charge < -0.3 is 4.40 Å². The summed E-state index contributed by atoms with van der Waals surface area (Å²) in [6.45, 7) is 3.45. The van der Waals surface area contributed by atoms with Crippen molar-refractivity contribution in [3.63, 3.8) is 0 Å². The predicted molar refractivity (Wildman–Crippen MR) is 91.6 cm³/mol. The van der Waals surface area contributed by atoms with Gasteiger partial charge >= 0.3 is 0 Å². The van der Waals surface area contributed by atoms with Crippen LogP contribution >= 0.6 is 0 Å². The molecule has 4 rings (SSSR count). The predicted octanol–water partition coefficient (Wildman–Crippen LogP) is 1.94. The largest absolute Gasteiger partial charge is 0.304 e. The maximum Gasteiger partial charge on any atom is 0.253 e. The summed E-state index contributed by atoms with van der Waals surface area (Å²) in [5, 5.41) is 0. The van der Waals surface area contributed by atoms with Crippen LogP contribution in [0.15, 0.2) is 47.9 Å². The molecule has 0 N–H and O–H groups in total. The normalized spacial score (nSPS) is 16.5. The Morgan fingerprint density at radius 1 is 1.16 bits per heavy atom. The number of piperidine rings is 1. The van der Waals surface area contributed by atoms with E-state index in [1.165, 1.54) is 24.5 Å². The zero-order chi connectivity index (χ0) is 17.2. The molecule has 130 valence electrons. The third-order valence-corrected chi connectivity index (χ3v) is 4.80.